The molecule has 0 spiro atoms. The van der Waals surface area contributed by atoms with Gasteiger partial charge in [0, 0.05) is 12.5 Å². The summed E-state index contributed by atoms with van der Waals surface area (Å²) >= 11 is 0. The Bertz CT molecular complexity index is 824. The molecule has 0 N–H and O–H groups in total. The van der Waals surface area contributed by atoms with Crippen LogP contribution in [0, 0.1) is 11.6 Å². The van der Waals surface area contributed by atoms with Crippen LogP contribution in [0.2, 0.25) is 0 Å². The van der Waals surface area contributed by atoms with E-state index in [1.165, 1.54) is 0 Å². The van der Waals surface area contributed by atoms with Crippen molar-refractivity contribution in [1.82, 2.24) is 0 Å². The lowest BCUT2D eigenvalue weighted by Gasteiger charge is -2.26. The molecule has 0 aromatic heterocycles. The van der Waals surface area contributed by atoms with Crippen molar-refractivity contribution in [2.45, 2.75) is 30.7 Å². The molecule has 0 heterocycles. The number of esters is 1. The first-order valence-corrected chi connectivity index (χ1v) is 8.62. The summed E-state index contributed by atoms with van der Waals surface area (Å²) in [6.07, 6.45) is -0.632. The van der Waals surface area contributed by atoms with Gasteiger partial charge in [0.15, 0.2) is 0 Å². The van der Waals surface area contributed by atoms with E-state index >= 15 is 0 Å². The molecule has 0 amide bonds. The largest absolute Gasteiger partial charge is 0.534 e. The molecule has 0 saturated heterocycles. The van der Waals surface area contributed by atoms with E-state index in [1.54, 1.807) is 0 Å². The summed E-state index contributed by atoms with van der Waals surface area (Å²) in [5, 5.41) is 0. The average Bonchev–Trinajstić information content (AvgIpc) is 2.52. The van der Waals surface area contributed by atoms with E-state index in [9.17, 15) is 35.2 Å². The molecule has 2 rings (SSSR count). The van der Waals surface area contributed by atoms with Gasteiger partial charge < -0.3 is 8.92 Å². The first-order chi connectivity index (χ1) is 11.9. The molecule has 1 aliphatic rings. The van der Waals surface area contributed by atoms with E-state index in [0.29, 0.717) is 6.07 Å². The van der Waals surface area contributed by atoms with Crippen LogP contribution in [0.3, 0.4) is 0 Å². The van der Waals surface area contributed by atoms with Crippen molar-refractivity contribution < 1.29 is 44.1 Å². The molecular formula is C15H13F5O5S. The Morgan fingerprint density at radius 1 is 1.15 bits per heavy atom. The minimum atomic E-state index is -5.95. The normalized spacial score (nSPS) is 18.6. The van der Waals surface area contributed by atoms with Gasteiger partial charge >= 0.3 is 21.6 Å². The molecule has 0 bridgehead atoms. The lowest BCUT2D eigenvalue weighted by molar-refractivity contribution is -0.136. The quantitative estimate of drug-likeness (QED) is 0.335. The fourth-order valence-electron chi connectivity index (χ4n) is 2.61. The van der Waals surface area contributed by atoms with Gasteiger partial charge in [-0.25, -0.2) is 13.6 Å². The van der Waals surface area contributed by atoms with Gasteiger partial charge in [0.25, 0.3) is 0 Å². The van der Waals surface area contributed by atoms with Crippen LogP contribution in [-0.2, 0) is 23.8 Å². The minimum Gasteiger partial charge on any atom is -0.466 e. The average molecular weight is 400 g/mol. The van der Waals surface area contributed by atoms with Gasteiger partial charge in [-0.15, -0.1) is 0 Å². The van der Waals surface area contributed by atoms with Crippen molar-refractivity contribution in [2.75, 3.05) is 7.11 Å². The van der Waals surface area contributed by atoms with E-state index in [4.69, 9.17) is 0 Å². The van der Waals surface area contributed by atoms with Gasteiger partial charge in [0.2, 0.25) is 0 Å². The third-order valence-corrected chi connectivity index (χ3v) is 4.78. The number of halogens is 5. The number of rotatable bonds is 4. The number of hydrogen-bond donors (Lipinski definition) is 0. The highest BCUT2D eigenvalue weighted by Gasteiger charge is 2.49. The predicted octanol–water partition coefficient (Wildman–Crippen LogP) is 3.53. The van der Waals surface area contributed by atoms with E-state index in [2.05, 4.69) is 8.92 Å². The van der Waals surface area contributed by atoms with Crippen LogP contribution >= 0.6 is 0 Å². The number of hydrogen-bond acceptors (Lipinski definition) is 5. The van der Waals surface area contributed by atoms with E-state index in [-0.39, 0.29) is 24.8 Å². The van der Waals surface area contributed by atoms with Crippen LogP contribution < -0.4 is 0 Å². The summed E-state index contributed by atoms with van der Waals surface area (Å²) in [5.74, 6) is -4.12. The maximum absolute atomic E-state index is 13.4. The standard InChI is InChI=1S/C15H13F5O5S/c1-24-14(21)12-6-8(9-4-10(16)7-11(17)5-9)2-3-13(12)25-26(22,23)15(18,19)20/h4-5,7-8H,2-3,6H2,1H3. The molecule has 0 radical (unpaired) electrons. The molecule has 5 nitrogen and oxygen atoms in total. The zero-order valence-electron chi connectivity index (χ0n) is 13.3. The Balaban J connectivity index is 2.38. The van der Waals surface area contributed by atoms with Crippen molar-refractivity contribution in [3.63, 3.8) is 0 Å². The van der Waals surface area contributed by atoms with Crippen LogP contribution in [0.25, 0.3) is 0 Å². The van der Waals surface area contributed by atoms with Crippen LogP contribution in [0.4, 0.5) is 22.0 Å². The third kappa shape index (κ3) is 4.32. The van der Waals surface area contributed by atoms with Gasteiger partial charge in [-0.2, -0.15) is 21.6 Å². The Morgan fingerprint density at radius 3 is 2.23 bits per heavy atom. The molecule has 1 aromatic rings. The Kier molecular flexibility index (Phi) is 5.59. The number of ether oxygens (including phenoxy) is 1. The summed E-state index contributed by atoms with van der Waals surface area (Å²) in [5.41, 5.74) is -5.91. The topological polar surface area (TPSA) is 69.7 Å². The van der Waals surface area contributed by atoms with Crippen molar-refractivity contribution in [3.05, 3.63) is 46.7 Å². The highest BCUT2D eigenvalue weighted by Crippen LogP contribution is 2.39. The van der Waals surface area contributed by atoms with Crippen molar-refractivity contribution >= 4 is 16.1 Å². The van der Waals surface area contributed by atoms with Gasteiger partial charge in [0.1, 0.15) is 17.4 Å². The minimum absolute atomic E-state index is 0.0199. The number of allylic oxidation sites excluding steroid dienone is 1. The molecular weight excluding hydrogens is 387 g/mol. The summed E-state index contributed by atoms with van der Waals surface area (Å²) in [6, 6.07) is 2.70. The fourth-order valence-corrected chi connectivity index (χ4v) is 3.15. The van der Waals surface area contributed by atoms with E-state index in [0.717, 1.165) is 19.2 Å². The Labute approximate surface area is 145 Å². The molecule has 26 heavy (non-hydrogen) atoms. The first kappa shape index (κ1) is 20.1. The number of carbonyl (C=O) groups excluding carboxylic acids is 1. The highest BCUT2D eigenvalue weighted by molar-refractivity contribution is 7.87. The Hall–Kier alpha value is -2.17. The second-order valence-corrected chi connectivity index (χ2v) is 7.06. The van der Waals surface area contributed by atoms with E-state index < -0.39 is 50.5 Å². The summed E-state index contributed by atoms with van der Waals surface area (Å²) in [7, 11) is -5.00. The number of methoxy groups -OCH3 is 1. The lowest BCUT2D eigenvalue weighted by Crippen LogP contribution is -2.27. The van der Waals surface area contributed by atoms with Crippen LogP contribution in [-0.4, -0.2) is 27.0 Å². The monoisotopic (exact) mass is 400 g/mol. The van der Waals surface area contributed by atoms with Gasteiger partial charge in [-0.1, -0.05) is 0 Å². The van der Waals surface area contributed by atoms with Crippen molar-refractivity contribution in [1.29, 1.82) is 0 Å². The maximum atomic E-state index is 13.4. The summed E-state index contributed by atoms with van der Waals surface area (Å²) < 4.78 is 95.1. The number of alkyl halides is 3. The van der Waals surface area contributed by atoms with E-state index in [1.807, 2.05) is 0 Å². The van der Waals surface area contributed by atoms with Crippen LogP contribution in [0.15, 0.2) is 29.5 Å². The lowest BCUT2D eigenvalue weighted by atomic mass is 9.83. The fraction of sp³-hybridized carbons (Fsp3) is 0.400. The SMILES string of the molecule is COC(=O)C1=C(OS(=O)(=O)C(F)(F)F)CCC(c2cc(F)cc(F)c2)C1. The molecule has 1 aromatic carbocycles. The molecule has 0 fully saturated rings. The summed E-state index contributed by atoms with van der Waals surface area (Å²) in [4.78, 5) is 11.8. The number of carbonyl (C=O) groups is 1. The van der Waals surface area contributed by atoms with Crippen molar-refractivity contribution in [2.24, 2.45) is 0 Å². The molecule has 0 saturated carbocycles. The molecule has 11 heteroatoms. The zero-order valence-corrected chi connectivity index (χ0v) is 14.1. The second-order valence-electron chi connectivity index (χ2n) is 5.52. The highest BCUT2D eigenvalue weighted by atomic mass is 32.2. The van der Waals surface area contributed by atoms with Gasteiger partial charge in [0.05, 0.1) is 12.7 Å². The molecule has 0 aliphatic heterocycles. The molecule has 144 valence electrons. The molecule has 1 aliphatic carbocycles. The second kappa shape index (κ2) is 7.22. The smallest absolute Gasteiger partial charge is 0.466 e. The summed E-state index contributed by atoms with van der Waals surface area (Å²) in [6.45, 7) is 0. The number of benzene rings is 1. The molecule has 1 unspecified atom stereocenters. The van der Waals surface area contributed by atoms with Gasteiger partial charge in [-0.05, 0) is 36.5 Å². The zero-order chi connectivity index (χ0) is 19.7. The van der Waals surface area contributed by atoms with Crippen LogP contribution in [0.1, 0.15) is 30.7 Å². The first-order valence-electron chi connectivity index (χ1n) is 7.21. The predicted molar refractivity (Wildman–Crippen MR) is 78.1 cm³/mol. The molecule has 1 atom stereocenters. The third-order valence-electron chi connectivity index (χ3n) is 3.79. The van der Waals surface area contributed by atoms with Crippen molar-refractivity contribution in [3.8, 4) is 0 Å². The maximum Gasteiger partial charge on any atom is 0.534 e. The van der Waals surface area contributed by atoms with Crippen LogP contribution in [0.5, 0.6) is 0 Å². The Morgan fingerprint density at radius 2 is 1.73 bits per heavy atom. The van der Waals surface area contributed by atoms with Gasteiger partial charge in [-0.3, -0.25) is 0 Å².